The lowest BCUT2D eigenvalue weighted by molar-refractivity contribution is 0.0927. The largest absolute Gasteiger partial charge is 0.497 e. The summed E-state index contributed by atoms with van der Waals surface area (Å²) in [5, 5.41) is 0. The molecule has 0 amide bonds. The molecule has 3 rings (SSSR count). The van der Waals surface area contributed by atoms with Crippen LogP contribution in [0.2, 0.25) is 0 Å². The molecule has 0 radical (unpaired) electrons. The lowest BCUT2D eigenvalue weighted by Gasteiger charge is -2.17. The summed E-state index contributed by atoms with van der Waals surface area (Å²) >= 11 is 0. The average Bonchev–Trinajstić information content (AvgIpc) is 3.06. The molecular formula is C24H32ClNO4. The Hall–Kier alpha value is -2.24. The fourth-order valence-electron chi connectivity index (χ4n) is 3.96. The highest BCUT2D eigenvalue weighted by molar-refractivity contribution is 6.02. The summed E-state index contributed by atoms with van der Waals surface area (Å²) in [4.78, 5) is 15.1. The van der Waals surface area contributed by atoms with Gasteiger partial charge in [0.25, 0.3) is 0 Å². The second-order valence-corrected chi connectivity index (χ2v) is 7.67. The van der Waals surface area contributed by atoms with Crippen molar-refractivity contribution in [2.75, 3.05) is 41.5 Å². The van der Waals surface area contributed by atoms with Gasteiger partial charge in [-0.1, -0.05) is 12.1 Å². The molecule has 1 aliphatic rings. The number of Topliss-reactive ketones (excluding diaryl/α,β-unsaturated/α-hetero) is 1. The molecule has 1 atom stereocenters. The van der Waals surface area contributed by atoms with Crippen molar-refractivity contribution in [2.24, 2.45) is 5.92 Å². The van der Waals surface area contributed by atoms with Crippen LogP contribution < -0.4 is 14.2 Å². The summed E-state index contributed by atoms with van der Waals surface area (Å²) in [7, 11) is 7.05. The predicted molar refractivity (Wildman–Crippen MR) is 122 cm³/mol. The van der Waals surface area contributed by atoms with E-state index in [1.807, 2.05) is 24.3 Å². The maximum absolute atomic E-state index is 12.8. The SMILES string of the molecule is COc1ccc(CCN(C)CCCC2Cc3cc(OC)c(OC)cc3C2=O)cc1.Cl. The van der Waals surface area contributed by atoms with Gasteiger partial charge in [0.15, 0.2) is 17.3 Å². The van der Waals surface area contributed by atoms with Crippen LogP contribution in [0.5, 0.6) is 17.2 Å². The van der Waals surface area contributed by atoms with E-state index in [4.69, 9.17) is 14.2 Å². The molecule has 0 bridgehead atoms. The molecule has 0 saturated heterocycles. The average molecular weight is 434 g/mol. The molecule has 0 N–H and O–H groups in total. The Morgan fingerprint density at radius 3 is 2.27 bits per heavy atom. The third-order valence-corrected chi connectivity index (χ3v) is 5.75. The van der Waals surface area contributed by atoms with Crippen LogP contribution in [0.25, 0.3) is 0 Å². The maximum Gasteiger partial charge on any atom is 0.166 e. The number of likely N-dealkylation sites (N-methyl/N-ethyl adjacent to an activating group) is 1. The molecule has 0 fully saturated rings. The van der Waals surface area contributed by atoms with E-state index < -0.39 is 0 Å². The van der Waals surface area contributed by atoms with Gasteiger partial charge in [0, 0.05) is 18.0 Å². The summed E-state index contributed by atoms with van der Waals surface area (Å²) in [5.41, 5.74) is 3.17. The molecule has 6 heteroatoms. The van der Waals surface area contributed by atoms with Gasteiger partial charge in [-0.25, -0.2) is 0 Å². The molecule has 0 spiro atoms. The second-order valence-electron chi connectivity index (χ2n) is 7.67. The third-order valence-electron chi connectivity index (χ3n) is 5.75. The summed E-state index contributed by atoms with van der Waals surface area (Å²) in [6.45, 7) is 1.99. The molecule has 0 aromatic heterocycles. The first-order valence-corrected chi connectivity index (χ1v) is 10.2. The number of rotatable bonds is 10. The molecule has 5 nitrogen and oxygen atoms in total. The standard InChI is InChI=1S/C24H31NO4.ClH/c1-25(13-11-17-7-9-20(27-2)10-8-17)12-5-6-18-14-19-15-22(28-3)23(29-4)16-21(19)24(18)26;/h7-10,15-16,18H,5-6,11-14H2,1-4H3;1H. The van der Waals surface area contributed by atoms with Crippen molar-refractivity contribution in [2.45, 2.75) is 25.7 Å². The number of carbonyl (C=O) groups excluding carboxylic acids is 1. The zero-order valence-corrected chi connectivity index (χ0v) is 19.1. The Morgan fingerprint density at radius 2 is 1.63 bits per heavy atom. The Kier molecular flexibility index (Phi) is 9.00. The van der Waals surface area contributed by atoms with E-state index in [2.05, 4.69) is 24.1 Å². The van der Waals surface area contributed by atoms with Crippen molar-refractivity contribution < 1.29 is 19.0 Å². The van der Waals surface area contributed by atoms with E-state index in [0.29, 0.717) is 11.5 Å². The van der Waals surface area contributed by atoms with Crippen molar-refractivity contribution in [3.05, 3.63) is 53.1 Å². The number of nitrogens with zero attached hydrogens (tertiary/aromatic N) is 1. The molecule has 1 aliphatic carbocycles. The monoisotopic (exact) mass is 433 g/mol. The molecule has 164 valence electrons. The molecule has 2 aromatic rings. The van der Waals surface area contributed by atoms with Crippen LogP contribution >= 0.6 is 12.4 Å². The molecule has 2 aromatic carbocycles. The second kappa shape index (κ2) is 11.2. The van der Waals surface area contributed by atoms with Crippen LogP contribution in [-0.4, -0.2) is 52.1 Å². The minimum atomic E-state index is 0. The van der Waals surface area contributed by atoms with E-state index in [0.717, 1.165) is 55.6 Å². The molecule has 0 aliphatic heterocycles. The predicted octanol–water partition coefficient (Wildman–Crippen LogP) is 4.44. The Bertz CT molecular complexity index is 838. The highest BCUT2D eigenvalue weighted by atomic mass is 35.5. The van der Waals surface area contributed by atoms with Crippen molar-refractivity contribution >= 4 is 18.2 Å². The number of methoxy groups -OCH3 is 3. The Balaban J connectivity index is 0.00000320. The number of ketones is 1. The van der Waals surface area contributed by atoms with Gasteiger partial charge in [0.2, 0.25) is 0 Å². The van der Waals surface area contributed by atoms with Crippen LogP contribution in [0, 0.1) is 5.92 Å². The topological polar surface area (TPSA) is 48.0 Å². The minimum absolute atomic E-state index is 0. The summed E-state index contributed by atoms with van der Waals surface area (Å²) < 4.78 is 15.9. The lowest BCUT2D eigenvalue weighted by Crippen LogP contribution is -2.23. The van der Waals surface area contributed by atoms with E-state index in [1.165, 1.54) is 5.56 Å². The van der Waals surface area contributed by atoms with Crippen LogP contribution in [0.15, 0.2) is 36.4 Å². The molecule has 0 saturated carbocycles. The van der Waals surface area contributed by atoms with E-state index in [9.17, 15) is 4.79 Å². The number of halogens is 1. The number of hydrogen-bond acceptors (Lipinski definition) is 5. The fourth-order valence-corrected chi connectivity index (χ4v) is 3.96. The number of fused-ring (bicyclic) bond motifs is 1. The van der Waals surface area contributed by atoms with Gasteiger partial charge < -0.3 is 19.1 Å². The third kappa shape index (κ3) is 5.67. The molecule has 30 heavy (non-hydrogen) atoms. The first kappa shape index (κ1) is 24.0. The quantitative estimate of drug-likeness (QED) is 0.554. The first-order chi connectivity index (χ1) is 14.0. The van der Waals surface area contributed by atoms with E-state index in [-0.39, 0.29) is 24.1 Å². The lowest BCUT2D eigenvalue weighted by atomic mass is 9.99. The number of ether oxygens (including phenoxy) is 3. The number of hydrogen-bond donors (Lipinski definition) is 0. The van der Waals surface area contributed by atoms with Gasteiger partial charge in [-0.05, 0) is 74.7 Å². The number of benzene rings is 2. The van der Waals surface area contributed by atoms with Gasteiger partial charge >= 0.3 is 0 Å². The zero-order chi connectivity index (χ0) is 20.8. The number of carbonyl (C=O) groups is 1. The Labute approximate surface area is 185 Å². The van der Waals surface area contributed by atoms with Crippen LogP contribution in [-0.2, 0) is 12.8 Å². The molecular weight excluding hydrogens is 402 g/mol. The normalized spacial score (nSPS) is 15.0. The maximum atomic E-state index is 12.8. The zero-order valence-electron chi connectivity index (χ0n) is 18.3. The fraction of sp³-hybridized carbons (Fsp3) is 0.458. The van der Waals surface area contributed by atoms with E-state index in [1.54, 1.807) is 21.3 Å². The van der Waals surface area contributed by atoms with Gasteiger partial charge in [0.05, 0.1) is 21.3 Å². The summed E-state index contributed by atoms with van der Waals surface area (Å²) in [5.74, 6) is 2.51. The smallest absolute Gasteiger partial charge is 0.166 e. The van der Waals surface area contributed by atoms with Gasteiger partial charge in [-0.2, -0.15) is 0 Å². The highest BCUT2D eigenvalue weighted by Crippen LogP contribution is 2.37. The Morgan fingerprint density at radius 1 is 0.967 bits per heavy atom. The van der Waals surface area contributed by atoms with Crippen molar-refractivity contribution in [3.63, 3.8) is 0 Å². The van der Waals surface area contributed by atoms with Crippen LogP contribution in [0.4, 0.5) is 0 Å². The van der Waals surface area contributed by atoms with Crippen LogP contribution in [0.3, 0.4) is 0 Å². The van der Waals surface area contributed by atoms with Crippen molar-refractivity contribution in [1.29, 1.82) is 0 Å². The molecule has 1 unspecified atom stereocenters. The van der Waals surface area contributed by atoms with Gasteiger partial charge in [-0.3, -0.25) is 4.79 Å². The summed E-state index contributed by atoms with van der Waals surface area (Å²) in [6.07, 6.45) is 3.72. The summed E-state index contributed by atoms with van der Waals surface area (Å²) in [6, 6.07) is 12.0. The highest BCUT2D eigenvalue weighted by Gasteiger charge is 2.31. The van der Waals surface area contributed by atoms with Gasteiger partial charge in [0.1, 0.15) is 5.75 Å². The molecule has 0 heterocycles. The van der Waals surface area contributed by atoms with Crippen molar-refractivity contribution in [3.8, 4) is 17.2 Å². The van der Waals surface area contributed by atoms with Gasteiger partial charge in [-0.15, -0.1) is 12.4 Å². The minimum Gasteiger partial charge on any atom is -0.497 e. The first-order valence-electron chi connectivity index (χ1n) is 10.2. The van der Waals surface area contributed by atoms with E-state index >= 15 is 0 Å². The van der Waals surface area contributed by atoms with Crippen LogP contribution in [0.1, 0.15) is 34.3 Å². The van der Waals surface area contributed by atoms with Crippen molar-refractivity contribution in [1.82, 2.24) is 4.90 Å².